The molecule has 0 heterocycles. The Labute approximate surface area is 126 Å². The number of hydrogen-bond acceptors (Lipinski definition) is 4. The van der Waals surface area contributed by atoms with Gasteiger partial charge in [0.05, 0.1) is 22.1 Å². The third kappa shape index (κ3) is 3.11. The summed E-state index contributed by atoms with van der Waals surface area (Å²) in [4.78, 5) is 21.2. The Morgan fingerprint density at radius 3 is 2.26 bits per heavy atom. The number of carbonyl (C=O) groups is 1. The molecule has 0 aliphatic heterocycles. The molecule has 116 valence electrons. The lowest BCUT2D eigenvalue weighted by Crippen LogP contribution is -2.16. The van der Waals surface area contributed by atoms with E-state index in [0.717, 1.165) is 0 Å². The molecule has 0 saturated carbocycles. The van der Waals surface area contributed by atoms with E-state index in [1.807, 2.05) is 6.07 Å². The van der Waals surface area contributed by atoms with Crippen molar-refractivity contribution in [2.45, 2.75) is 0 Å². The minimum absolute atomic E-state index is 0.140. The van der Waals surface area contributed by atoms with Crippen LogP contribution in [0.25, 0.3) is 0 Å². The van der Waals surface area contributed by atoms with E-state index in [1.54, 1.807) is 0 Å². The summed E-state index contributed by atoms with van der Waals surface area (Å²) in [5.74, 6) is -7.12. The molecule has 0 saturated heterocycles. The average Bonchev–Trinajstić information content (AvgIpc) is 2.53. The molecule has 9 heteroatoms. The lowest BCUT2D eigenvalue weighted by atomic mass is 10.1. The molecular formula is C14H6F3N3O3. The molecule has 23 heavy (non-hydrogen) atoms. The van der Waals surface area contributed by atoms with Crippen molar-refractivity contribution >= 4 is 17.3 Å². The molecule has 0 unspecified atom stereocenters. The van der Waals surface area contributed by atoms with Gasteiger partial charge in [-0.15, -0.1) is 0 Å². The van der Waals surface area contributed by atoms with Crippen molar-refractivity contribution in [2.24, 2.45) is 0 Å². The standard InChI is InChI=1S/C14H6F3N3O3/c15-11-9(5-10(20(22)23)12(16)13(11)17)14(21)19-8-3-1-7(6-18)2-4-8/h1-5H,(H,19,21). The SMILES string of the molecule is N#Cc1ccc(NC(=O)c2cc([N+](=O)[O-])c(F)c(F)c2F)cc1. The highest BCUT2D eigenvalue weighted by molar-refractivity contribution is 6.04. The molecule has 0 bridgehead atoms. The summed E-state index contributed by atoms with van der Waals surface area (Å²) < 4.78 is 40.2. The Balaban J connectivity index is 2.39. The number of nitriles is 1. The van der Waals surface area contributed by atoms with E-state index >= 15 is 0 Å². The fourth-order valence-corrected chi connectivity index (χ4v) is 1.72. The fourth-order valence-electron chi connectivity index (χ4n) is 1.72. The number of nitro groups is 1. The van der Waals surface area contributed by atoms with Crippen LogP contribution in [0.3, 0.4) is 0 Å². The second kappa shape index (κ2) is 6.15. The van der Waals surface area contributed by atoms with Crippen molar-refractivity contribution in [3.8, 4) is 6.07 Å². The maximum Gasteiger partial charge on any atom is 0.308 e. The third-order valence-electron chi connectivity index (χ3n) is 2.84. The highest BCUT2D eigenvalue weighted by Gasteiger charge is 2.28. The zero-order chi connectivity index (χ0) is 17.1. The number of benzene rings is 2. The Hall–Kier alpha value is -3.41. The number of nitrogens with one attached hydrogen (secondary N) is 1. The molecule has 0 radical (unpaired) electrons. The maximum absolute atomic E-state index is 13.6. The first-order chi connectivity index (χ1) is 10.8. The van der Waals surface area contributed by atoms with Crippen molar-refractivity contribution in [3.05, 3.63) is 69.0 Å². The molecule has 0 aromatic heterocycles. The number of halogens is 3. The number of rotatable bonds is 3. The maximum atomic E-state index is 13.6. The van der Waals surface area contributed by atoms with Crippen LogP contribution in [0, 0.1) is 38.9 Å². The van der Waals surface area contributed by atoms with E-state index in [-0.39, 0.29) is 5.69 Å². The number of amides is 1. The Bertz CT molecular complexity index is 845. The highest BCUT2D eigenvalue weighted by Crippen LogP contribution is 2.26. The van der Waals surface area contributed by atoms with Crippen molar-refractivity contribution in [2.75, 3.05) is 5.32 Å². The first-order valence-corrected chi connectivity index (χ1v) is 5.98. The summed E-state index contributed by atoms with van der Waals surface area (Å²) in [7, 11) is 0. The molecule has 2 aromatic rings. The molecule has 2 aromatic carbocycles. The van der Waals surface area contributed by atoms with Gasteiger partial charge >= 0.3 is 5.69 Å². The van der Waals surface area contributed by atoms with Gasteiger partial charge in [-0.25, -0.2) is 8.78 Å². The predicted octanol–water partition coefficient (Wildman–Crippen LogP) is 3.14. The van der Waals surface area contributed by atoms with Gasteiger partial charge in [-0.1, -0.05) is 0 Å². The summed E-state index contributed by atoms with van der Waals surface area (Å²) in [6, 6.07) is 7.52. The fraction of sp³-hybridized carbons (Fsp3) is 0. The van der Waals surface area contributed by atoms with Crippen LogP contribution in [-0.4, -0.2) is 10.8 Å². The summed E-state index contributed by atoms with van der Waals surface area (Å²) >= 11 is 0. The van der Waals surface area contributed by atoms with Crippen LogP contribution in [0.2, 0.25) is 0 Å². The molecule has 0 aliphatic carbocycles. The third-order valence-corrected chi connectivity index (χ3v) is 2.84. The smallest absolute Gasteiger partial charge is 0.308 e. The summed E-state index contributed by atoms with van der Waals surface area (Å²) in [5, 5.41) is 21.4. The Kier molecular flexibility index (Phi) is 4.27. The number of anilines is 1. The van der Waals surface area contributed by atoms with Crippen molar-refractivity contribution in [1.82, 2.24) is 0 Å². The molecule has 6 nitrogen and oxygen atoms in total. The van der Waals surface area contributed by atoms with Crippen LogP contribution >= 0.6 is 0 Å². The second-order valence-corrected chi connectivity index (χ2v) is 4.29. The zero-order valence-electron chi connectivity index (χ0n) is 11.1. The van der Waals surface area contributed by atoms with Gasteiger partial charge in [0, 0.05) is 11.8 Å². The van der Waals surface area contributed by atoms with Gasteiger partial charge in [0.15, 0.2) is 5.82 Å². The van der Waals surface area contributed by atoms with Gasteiger partial charge < -0.3 is 5.32 Å². The van der Waals surface area contributed by atoms with Gasteiger partial charge in [-0.3, -0.25) is 14.9 Å². The predicted molar refractivity (Wildman–Crippen MR) is 72.1 cm³/mol. The molecule has 1 N–H and O–H groups in total. The summed E-state index contributed by atoms with van der Waals surface area (Å²) in [6.45, 7) is 0. The van der Waals surface area contributed by atoms with Crippen LogP contribution in [-0.2, 0) is 0 Å². The van der Waals surface area contributed by atoms with Crippen LogP contribution in [0.15, 0.2) is 30.3 Å². The normalized spacial score (nSPS) is 10.0. The van der Waals surface area contributed by atoms with Gasteiger partial charge in [0.25, 0.3) is 5.91 Å². The number of carbonyl (C=O) groups excluding carboxylic acids is 1. The Morgan fingerprint density at radius 1 is 1.13 bits per heavy atom. The highest BCUT2D eigenvalue weighted by atomic mass is 19.2. The minimum atomic E-state index is -2.11. The molecule has 0 spiro atoms. The molecule has 0 fully saturated rings. The van der Waals surface area contributed by atoms with E-state index in [1.165, 1.54) is 24.3 Å². The zero-order valence-corrected chi connectivity index (χ0v) is 11.1. The van der Waals surface area contributed by atoms with E-state index in [0.29, 0.717) is 11.6 Å². The van der Waals surface area contributed by atoms with Crippen LogP contribution < -0.4 is 5.32 Å². The molecule has 1 amide bonds. The largest absolute Gasteiger partial charge is 0.322 e. The van der Waals surface area contributed by atoms with Crippen LogP contribution in [0.5, 0.6) is 0 Å². The minimum Gasteiger partial charge on any atom is -0.322 e. The van der Waals surface area contributed by atoms with Crippen molar-refractivity contribution in [1.29, 1.82) is 5.26 Å². The lowest BCUT2D eigenvalue weighted by molar-refractivity contribution is -0.387. The summed E-state index contributed by atoms with van der Waals surface area (Å²) in [5.41, 5.74) is -1.92. The summed E-state index contributed by atoms with van der Waals surface area (Å²) in [6.07, 6.45) is 0. The van der Waals surface area contributed by atoms with E-state index in [4.69, 9.17) is 5.26 Å². The molecular weight excluding hydrogens is 315 g/mol. The van der Waals surface area contributed by atoms with E-state index in [9.17, 15) is 28.1 Å². The Morgan fingerprint density at radius 2 is 1.74 bits per heavy atom. The van der Waals surface area contributed by atoms with Crippen molar-refractivity contribution in [3.63, 3.8) is 0 Å². The topological polar surface area (TPSA) is 96.0 Å². The molecule has 0 aliphatic rings. The number of nitro benzene ring substituents is 1. The monoisotopic (exact) mass is 321 g/mol. The second-order valence-electron chi connectivity index (χ2n) is 4.29. The van der Waals surface area contributed by atoms with E-state index < -0.39 is 39.5 Å². The van der Waals surface area contributed by atoms with Gasteiger partial charge in [-0.05, 0) is 24.3 Å². The number of hydrogen-bond donors (Lipinski definition) is 1. The van der Waals surface area contributed by atoms with Gasteiger partial charge in [0.2, 0.25) is 11.6 Å². The average molecular weight is 321 g/mol. The van der Waals surface area contributed by atoms with E-state index in [2.05, 4.69) is 5.32 Å². The number of nitrogens with zero attached hydrogens (tertiary/aromatic N) is 2. The van der Waals surface area contributed by atoms with Gasteiger partial charge in [-0.2, -0.15) is 9.65 Å². The van der Waals surface area contributed by atoms with Crippen LogP contribution in [0.1, 0.15) is 15.9 Å². The first-order valence-electron chi connectivity index (χ1n) is 5.98. The quantitative estimate of drug-likeness (QED) is 0.533. The first kappa shape index (κ1) is 16.0. The lowest BCUT2D eigenvalue weighted by Gasteiger charge is -2.07. The van der Waals surface area contributed by atoms with Gasteiger partial charge in [0.1, 0.15) is 0 Å². The molecule has 2 rings (SSSR count). The molecule has 0 atom stereocenters. The van der Waals surface area contributed by atoms with Crippen LogP contribution in [0.4, 0.5) is 24.5 Å². The van der Waals surface area contributed by atoms with Crippen molar-refractivity contribution < 1.29 is 22.9 Å².